The van der Waals surface area contributed by atoms with Gasteiger partial charge in [-0.25, -0.2) is 13.2 Å². The lowest BCUT2D eigenvalue weighted by Gasteiger charge is -2.28. The summed E-state index contributed by atoms with van der Waals surface area (Å²) in [7, 11) is -3.12. The Labute approximate surface area is 238 Å². The maximum Gasteiger partial charge on any atom is 0.416 e. The van der Waals surface area contributed by atoms with Gasteiger partial charge in [0.25, 0.3) is 5.71 Å². The molecule has 2 amide bonds. The summed E-state index contributed by atoms with van der Waals surface area (Å²) in [6.45, 7) is 5.18. The van der Waals surface area contributed by atoms with Gasteiger partial charge >= 0.3 is 23.8 Å². The van der Waals surface area contributed by atoms with Crippen LogP contribution in [0.1, 0.15) is 57.1 Å². The first-order valence-electron chi connectivity index (χ1n) is 13.9. The minimum atomic E-state index is -4.55. The maximum atomic E-state index is 13.7. The molecule has 3 heterocycles. The van der Waals surface area contributed by atoms with Gasteiger partial charge in [-0.3, -0.25) is 9.69 Å². The second-order valence-electron chi connectivity index (χ2n) is 10.7. The minimum absolute atomic E-state index is 0.0332. The van der Waals surface area contributed by atoms with E-state index in [0.717, 1.165) is 31.5 Å². The van der Waals surface area contributed by atoms with Crippen molar-refractivity contribution in [3.63, 3.8) is 0 Å². The van der Waals surface area contributed by atoms with Crippen LogP contribution in [0.4, 0.5) is 13.2 Å². The molecular weight excluding hydrogens is 561 g/mol. The molecule has 1 aromatic rings. The molecule has 2 fully saturated rings. The fraction of sp³-hybridized carbons (Fsp3) is 0.571. The molecule has 0 aliphatic carbocycles. The number of ether oxygens (including phenoxy) is 1. The highest BCUT2D eigenvalue weighted by atomic mass is 32.2. The van der Waals surface area contributed by atoms with Gasteiger partial charge in [0.1, 0.15) is 11.9 Å². The predicted octanol–water partition coefficient (Wildman–Crippen LogP) is 2.48. The third-order valence-electron chi connectivity index (χ3n) is 7.55. The third-order valence-corrected chi connectivity index (χ3v) is 9.26. The van der Waals surface area contributed by atoms with E-state index < -0.39 is 27.7 Å². The van der Waals surface area contributed by atoms with Gasteiger partial charge in [0, 0.05) is 38.7 Å². The lowest BCUT2D eigenvalue weighted by atomic mass is 10.1. The van der Waals surface area contributed by atoms with E-state index in [4.69, 9.17) is 4.74 Å². The second-order valence-corrected chi connectivity index (χ2v) is 13.0. The Morgan fingerprint density at radius 1 is 1.15 bits per heavy atom. The fourth-order valence-electron chi connectivity index (χ4n) is 5.43. The number of rotatable bonds is 9. The van der Waals surface area contributed by atoms with E-state index >= 15 is 0 Å². The SMILES string of the molecule is CCN(CCC1CCCN1Cc1cc(OC2CCS(=O)(=O)CC2)cc(C(F)(F)F)c1)C(=O)C1=[N+]=C(NC(C)=O)C=C1. The van der Waals surface area contributed by atoms with Crippen LogP contribution in [-0.4, -0.2) is 84.9 Å². The summed E-state index contributed by atoms with van der Waals surface area (Å²) >= 11 is 0. The number of amidine groups is 1. The number of benzene rings is 1. The zero-order valence-corrected chi connectivity index (χ0v) is 24.1. The first kappa shape index (κ1) is 30.8. The number of sulfone groups is 1. The second kappa shape index (κ2) is 12.8. The van der Waals surface area contributed by atoms with Crippen molar-refractivity contribution in [2.45, 2.75) is 70.8 Å². The maximum absolute atomic E-state index is 13.7. The smallest absolute Gasteiger partial charge is 0.416 e. The molecule has 1 unspecified atom stereocenters. The van der Waals surface area contributed by atoms with E-state index in [2.05, 4.69) is 14.9 Å². The Bertz CT molecular complexity index is 1350. The highest BCUT2D eigenvalue weighted by Crippen LogP contribution is 2.35. The standard InChI is InChI=1S/C28H35F3N4O5S/c1-3-34(27(37)25-6-7-26(33-25)32-19(2)36)12-8-22-5-4-11-35(22)18-20-15-21(28(29,30)31)17-24(16-20)40-23-9-13-41(38,39)14-10-23/h6-7,15-17,22-23H,3-5,8-14,18H2,1-2H3/p+1. The average molecular weight is 598 g/mol. The number of halogens is 3. The number of carbonyl (C=O) groups is 2. The Kier molecular flexibility index (Phi) is 9.61. The summed E-state index contributed by atoms with van der Waals surface area (Å²) in [4.78, 5) is 28.1. The number of nitrogens with one attached hydrogen (secondary N) is 1. The van der Waals surface area contributed by atoms with E-state index in [1.807, 2.05) is 6.92 Å². The number of amides is 2. The predicted molar refractivity (Wildman–Crippen MR) is 149 cm³/mol. The van der Waals surface area contributed by atoms with Crippen LogP contribution >= 0.6 is 0 Å². The Morgan fingerprint density at radius 2 is 1.88 bits per heavy atom. The molecule has 4 rings (SSSR count). The molecule has 0 saturated carbocycles. The molecule has 1 N–H and O–H groups in total. The molecule has 1 atom stereocenters. The number of alkyl halides is 3. The van der Waals surface area contributed by atoms with Gasteiger partial charge < -0.3 is 9.64 Å². The fourth-order valence-corrected chi connectivity index (χ4v) is 6.88. The van der Waals surface area contributed by atoms with Crippen molar-refractivity contribution in [1.29, 1.82) is 0 Å². The molecule has 9 nitrogen and oxygen atoms in total. The molecule has 2 saturated heterocycles. The van der Waals surface area contributed by atoms with Gasteiger partial charge in [0.15, 0.2) is 9.84 Å². The van der Waals surface area contributed by atoms with Gasteiger partial charge in [0.2, 0.25) is 0 Å². The molecule has 0 bridgehead atoms. The molecule has 224 valence electrons. The van der Waals surface area contributed by atoms with E-state index in [9.17, 15) is 31.2 Å². The number of nitrogens with zero attached hydrogens (tertiary/aromatic N) is 3. The van der Waals surface area contributed by atoms with E-state index in [1.54, 1.807) is 23.1 Å². The van der Waals surface area contributed by atoms with Crippen molar-refractivity contribution in [3.8, 4) is 5.75 Å². The van der Waals surface area contributed by atoms with Crippen molar-refractivity contribution >= 4 is 33.2 Å². The normalized spacial score (nSPS) is 21.0. The highest BCUT2D eigenvalue weighted by Gasteiger charge is 2.34. The van der Waals surface area contributed by atoms with Crippen LogP contribution in [0, 0.1) is 0 Å². The topological polar surface area (TPSA) is 110 Å². The Balaban J connectivity index is 1.42. The number of hydrogen-bond acceptors (Lipinski definition) is 6. The van der Waals surface area contributed by atoms with Crippen molar-refractivity contribution < 1.29 is 35.9 Å². The van der Waals surface area contributed by atoms with E-state index in [0.29, 0.717) is 37.5 Å². The lowest BCUT2D eigenvalue weighted by molar-refractivity contribution is -0.137. The van der Waals surface area contributed by atoms with Crippen LogP contribution < -0.4 is 14.7 Å². The van der Waals surface area contributed by atoms with Crippen molar-refractivity contribution in [2.24, 2.45) is 0 Å². The average Bonchev–Trinajstić information content (AvgIpc) is 3.54. The molecule has 3 aliphatic rings. The number of hydrogen-bond donors (Lipinski definition) is 1. The quantitative estimate of drug-likeness (QED) is 0.438. The lowest BCUT2D eigenvalue weighted by Crippen LogP contribution is -2.40. The molecule has 41 heavy (non-hydrogen) atoms. The molecule has 3 aliphatic heterocycles. The van der Waals surface area contributed by atoms with Gasteiger partial charge in [-0.1, -0.05) is 0 Å². The van der Waals surface area contributed by atoms with E-state index in [1.165, 1.54) is 6.92 Å². The number of carbonyl (C=O) groups excluding carboxylic acids is 2. The zero-order chi connectivity index (χ0) is 29.8. The minimum Gasteiger partial charge on any atom is -0.490 e. The van der Waals surface area contributed by atoms with Gasteiger partial charge in [-0.15, -0.1) is 0 Å². The Hall–Kier alpha value is -3.15. The molecule has 1 aromatic carbocycles. The molecule has 0 radical (unpaired) electrons. The van der Waals surface area contributed by atoms with Crippen molar-refractivity contribution in [3.05, 3.63) is 41.5 Å². The van der Waals surface area contributed by atoms with Crippen LogP contribution in [0.2, 0.25) is 0 Å². The van der Waals surface area contributed by atoms with Crippen molar-refractivity contribution in [2.75, 3.05) is 31.1 Å². The van der Waals surface area contributed by atoms with Gasteiger partial charge in [-0.05, 0) is 69.3 Å². The summed E-state index contributed by atoms with van der Waals surface area (Å²) in [5.74, 6) is -0.179. The molecular formula is C28H36F3N4O5S+. The first-order chi connectivity index (χ1) is 19.3. The summed E-state index contributed by atoms with van der Waals surface area (Å²) in [5, 5.41) is 2.55. The van der Waals surface area contributed by atoms with Crippen LogP contribution in [-0.2, 0) is 32.1 Å². The van der Waals surface area contributed by atoms with Crippen LogP contribution in [0.25, 0.3) is 0 Å². The van der Waals surface area contributed by atoms with Crippen LogP contribution in [0.3, 0.4) is 0 Å². The Morgan fingerprint density at radius 3 is 2.54 bits per heavy atom. The summed E-state index contributed by atoms with van der Waals surface area (Å²) in [5.41, 5.74) is -0.0845. The highest BCUT2D eigenvalue weighted by molar-refractivity contribution is 7.91. The summed E-state index contributed by atoms with van der Waals surface area (Å²) in [6, 6.07) is 3.82. The molecule has 0 spiro atoms. The van der Waals surface area contributed by atoms with Gasteiger partial charge in [-0.2, -0.15) is 23.2 Å². The van der Waals surface area contributed by atoms with Gasteiger partial charge in [0.05, 0.1) is 23.1 Å². The third kappa shape index (κ3) is 8.43. The molecule has 13 heteroatoms. The summed E-state index contributed by atoms with van der Waals surface area (Å²) < 4.78 is 74.7. The van der Waals surface area contributed by atoms with Crippen LogP contribution in [0.5, 0.6) is 5.75 Å². The monoisotopic (exact) mass is 597 g/mol. The largest absolute Gasteiger partial charge is 0.490 e. The zero-order valence-electron chi connectivity index (χ0n) is 23.2. The van der Waals surface area contributed by atoms with E-state index in [-0.39, 0.29) is 53.7 Å². The van der Waals surface area contributed by atoms with Crippen LogP contribution in [0.15, 0.2) is 30.4 Å². The summed E-state index contributed by atoms with van der Waals surface area (Å²) in [6.07, 6.45) is 1.07. The van der Waals surface area contributed by atoms with Crippen molar-refractivity contribution in [1.82, 2.24) is 19.8 Å². The molecule has 0 aromatic heterocycles. The first-order valence-corrected chi connectivity index (χ1v) is 15.7. The number of likely N-dealkylation sites (tertiary alicyclic amines) is 1.